The summed E-state index contributed by atoms with van der Waals surface area (Å²) in [5, 5.41) is 13.7. The van der Waals surface area contributed by atoms with Gasteiger partial charge in [-0.05, 0) is 31.0 Å². The second kappa shape index (κ2) is 10.0. The van der Waals surface area contributed by atoms with Gasteiger partial charge in [0.25, 0.3) is 5.69 Å². The Morgan fingerprint density at radius 1 is 1.41 bits per heavy atom. The largest absolute Gasteiger partial charge is 0.495 e. The summed E-state index contributed by atoms with van der Waals surface area (Å²) in [5.41, 5.74) is 0.169. The third-order valence-corrected chi connectivity index (χ3v) is 4.77. The van der Waals surface area contributed by atoms with Crippen LogP contribution in [0.5, 0.6) is 5.75 Å². The van der Waals surface area contributed by atoms with E-state index in [0.717, 1.165) is 25.2 Å². The highest BCUT2D eigenvalue weighted by molar-refractivity contribution is 5.92. The van der Waals surface area contributed by atoms with Gasteiger partial charge >= 0.3 is 0 Å². The highest BCUT2D eigenvalue weighted by Crippen LogP contribution is 2.29. The van der Waals surface area contributed by atoms with Crippen molar-refractivity contribution in [3.05, 3.63) is 52.5 Å². The Kier molecular flexibility index (Phi) is 7.20. The molecule has 1 aromatic heterocycles. The lowest BCUT2D eigenvalue weighted by Crippen LogP contribution is -2.34. The monoisotopic (exact) mass is 403 g/mol. The second-order valence-electron chi connectivity index (χ2n) is 6.89. The third kappa shape index (κ3) is 6.03. The molecule has 1 atom stereocenters. The van der Waals surface area contributed by atoms with Crippen molar-refractivity contribution in [2.75, 3.05) is 32.1 Å². The fraction of sp³-hybridized carbons (Fsp3) is 0.450. The van der Waals surface area contributed by atoms with Crippen LogP contribution in [0.2, 0.25) is 0 Å². The summed E-state index contributed by atoms with van der Waals surface area (Å²) in [6.07, 6.45) is 4.06. The van der Waals surface area contributed by atoms with Crippen molar-refractivity contribution in [1.82, 2.24) is 4.90 Å². The first kappa shape index (κ1) is 20.8. The molecular formula is C20H25N3O6. The number of non-ortho nitro benzene ring substituents is 1. The summed E-state index contributed by atoms with van der Waals surface area (Å²) >= 11 is 0. The van der Waals surface area contributed by atoms with Gasteiger partial charge in [0, 0.05) is 38.2 Å². The summed E-state index contributed by atoms with van der Waals surface area (Å²) in [4.78, 5) is 25.1. The number of ether oxygens (including phenoxy) is 2. The van der Waals surface area contributed by atoms with Crippen LogP contribution in [0.4, 0.5) is 11.4 Å². The van der Waals surface area contributed by atoms with Crippen LogP contribution >= 0.6 is 0 Å². The average molecular weight is 403 g/mol. The Labute approximate surface area is 168 Å². The fourth-order valence-electron chi connectivity index (χ4n) is 3.31. The van der Waals surface area contributed by atoms with Crippen molar-refractivity contribution >= 4 is 17.3 Å². The van der Waals surface area contributed by atoms with Gasteiger partial charge < -0.3 is 19.2 Å². The molecule has 1 aliphatic heterocycles. The van der Waals surface area contributed by atoms with Crippen LogP contribution in [-0.2, 0) is 16.1 Å². The van der Waals surface area contributed by atoms with Gasteiger partial charge in [-0.3, -0.25) is 19.8 Å². The Bertz CT molecular complexity index is 818. The van der Waals surface area contributed by atoms with Crippen LogP contribution in [0, 0.1) is 10.1 Å². The number of nitro groups is 1. The molecule has 1 amide bonds. The minimum atomic E-state index is -0.512. The number of nitrogens with one attached hydrogen (secondary N) is 1. The Hall–Kier alpha value is -2.91. The van der Waals surface area contributed by atoms with Crippen LogP contribution < -0.4 is 10.1 Å². The average Bonchev–Trinajstić information content (AvgIpc) is 3.40. The molecule has 0 saturated carbocycles. The Balaban J connectivity index is 1.60. The molecule has 1 aromatic carbocycles. The number of methoxy groups -OCH3 is 1. The number of furan rings is 1. The maximum absolute atomic E-state index is 12.5. The summed E-state index contributed by atoms with van der Waals surface area (Å²) in [5.74, 6) is 0.945. The molecule has 0 bridgehead atoms. The number of nitro benzene ring substituents is 1. The molecule has 3 rings (SSSR count). The van der Waals surface area contributed by atoms with Gasteiger partial charge in [-0.25, -0.2) is 0 Å². The van der Waals surface area contributed by atoms with E-state index in [1.165, 1.54) is 25.3 Å². The van der Waals surface area contributed by atoms with E-state index in [1.54, 1.807) is 6.26 Å². The van der Waals surface area contributed by atoms with Crippen LogP contribution in [0.1, 0.15) is 25.0 Å². The number of benzene rings is 1. The number of carbonyl (C=O) groups is 1. The molecule has 9 heteroatoms. The van der Waals surface area contributed by atoms with Gasteiger partial charge in [-0.15, -0.1) is 0 Å². The molecule has 29 heavy (non-hydrogen) atoms. The van der Waals surface area contributed by atoms with Gasteiger partial charge in [0.15, 0.2) is 0 Å². The summed E-state index contributed by atoms with van der Waals surface area (Å²) < 4.78 is 16.3. The van der Waals surface area contributed by atoms with Gasteiger partial charge in [-0.1, -0.05) is 0 Å². The molecule has 2 heterocycles. The van der Waals surface area contributed by atoms with E-state index in [2.05, 4.69) is 10.2 Å². The van der Waals surface area contributed by atoms with Gasteiger partial charge in [0.1, 0.15) is 11.5 Å². The fourth-order valence-corrected chi connectivity index (χ4v) is 3.31. The van der Waals surface area contributed by atoms with Crippen LogP contribution in [-0.4, -0.2) is 48.6 Å². The first-order valence-electron chi connectivity index (χ1n) is 9.54. The zero-order valence-electron chi connectivity index (χ0n) is 16.3. The number of anilines is 1. The zero-order chi connectivity index (χ0) is 20.6. The van der Waals surface area contributed by atoms with E-state index in [-0.39, 0.29) is 29.8 Å². The van der Waals surface area contributed by atoms with Gasteiger partial charge in [0.05, 0.1) is 36.6 Å². The lowest BCUT2D eigenvalue weighted by molar-refractivity contribution is -0.384. The third-order valence-electron chi connectivity index (χ3n) is 4.77. The Morgan fingerprint density at radius 2 is 2.28 bits per heavy atom. The van der Waals surface area contributed by atoms with Crippen LogP contribution in [0.15, 0.2) is 41.0 Å². The van der Waals surface area contributed by atoms with Crippen molar-refractivity contribution in [3.8, 4) is 5.75 Å². The van der Waals surface area contributed by atoms with Crippen LogP contribution in [0.3, 0.4) is 0 Å². The summed E-state index contributed by atoms with van der Waals surface area (Å²) in [7, 11) is 1.45. The molecule has 9 nitrogen and oxygen atoms in total. The van der Waals surface area contributed by atoms with Crippen LogP contribution in [0.25, 0.3) is 0 Å². The van der Waals surface area contributed by atoms with Gasteiger partial charge in [-0.2, -0.15) is 0 Å². The molecule has 0 aliphatic carbocycles. The normalized spacial score (nSPS) is 16.1. The molecule has 2 aromatic rings. The van der Waals surface area contributed by atoms with E-state index in [9.17, 15) is 14.9 Å². The predicted molar refractivity (Wildman–Crippen MR) is 106 cm³/mol. The molecule has 1 unspecified atom stereocenters. The molecule has 1 fully saturated rings. The smallest absolute Gasteiger partial charge is 0.271 e. The van der Waals surface area contributed by atoms with Crippen molar-refractivity contribution in [2.24, 2.45) is 0 Å². The van der Waals surface area contributed by atoms with Gasteiger partial charge in [0.2, 0.25) is 5.91 Å². The maximum atomic E-state index is 12.5. The summed E-state index contributed by atoms with van der Waals surface area (Å²) in [6.45, 7) is 2.57. The molecule has 1 N–H and O–H groups in total. The quantitative estimate of drug-likeness (QED) is 0.479. The highest BCUT2D eigenvalue weighted by Gasteiger charge is 2.21. The molecular weight excluding hydrogens is 378 g/mol. The van der Waals surface area contributed by atoms with Crippen molar-refractivity contribution in [3.63, 3.8) is 0 Å². The predicted octanol–water partition coefficient (Wildman–Crippen LogP) is 3.21. The minimum absolute atomic E-state index is 0.112. The molecule has 0 radical (unpaired) electrons. The first-order valence-corrected chi connectivity index (χ1v) is 9.54. The SMILES string of the molecule is COc1ccc([N+](=O)[O-])cc1NC(=O)CCN(Cc1ccco1)CC1CCCO1. The number of carbonyl (C=O) groups excluding carboxylic acids is 1. The zero-order valence-corrected chi connectivity index (χ0v) is 16.3. The highest BCUT2D eigenvalue weighted by atomic mass is 16.6. The number of hydrogen-bond acceptors (Lipinski definition) is 7. The van der Waals surface area contributed by atoms with Crippen molar-refractivity contribution < 1.29 is 23.6 Å². The van der Waals surface area contributed by atoms with Crippen molar-refractivity contribution in [2.45, 2.75) is 31.9 Å². The van der Waals surface area contributed by atoms with Crippen molar-refractivity contribution in [1.29, 1.82) is 0 Å². The van der Waals surface area contributed by atoms with E-state index in [1.807, 2.05) is 12.1 Å². The lowest BCUT2D eigenvalue weighted by Gasteiger charge is -2.24. The molecule has 1 aliphatic rings. The maximum Gasteiger partial charge on any atom is 0.271 e. The first-order chi connectivity index (χ1) is 14.0. The van der Waals surface area contributed by atoms with E-state index >= 15 is 0 Å². The topological polar surface area (TPSA) is 107 Å². The molecule has 1 saturated heterocycles. The second-order valence-corrected chi connectivity index (χ2v) is 6.89. The number of nitrogens with zero attached hydrogens (tertiary/aromatic N) is 2. The minimum Gasteiger partial charge on any atom is -0.495 e. The number of hydrogen-bond donors (Lipinski definition) is 1. The molecule has 156 valence electrons. The number of amides is 1. The van der Waals surface area contributed by atoms with E-state index in [4.69, 9.17) is 13.9 Å². The summed E-state index contributed by atoms with van der Waals surface area (Å²) in [6, 6.07) is 7.83. The van der Waals surface area contributed by atoms with E-state index in [0.29, 0.717) is 25.4 Å². The number of rotatable bonds is 10. The standard InChI is InChI=1S/C20H25N3O6/c1-27-19-7-6-15(23(25)26)12-18(19)21-20(24)8-9-22(13-16-4-2-10-28-16)14-17-5-3-11-29-17/h2,4,6-7,10,12,17H,3,5,8-9,11,13-14H2,1H3,(H,21,24). The van der Waals surface area contributed by atoms with E-state index < -0.39 is 4.92 Å². The molecule has 0 spiro atoms. The lowest BCUT2D eigenvalue weighted by atomic mass is 10.2. The Morgan fingerprint density at radius 3 is 2.93 bits per heavy atom.